The molecule has 2 aromatic rings. The monoisotopic (exact) mass is 245 g/mol. The number of hydrogen-bond acceptors (Lipinski definition) is 1. The average Bonchev–Trinajstić information content (AvgIpc) is 2.42. The zero-order chi connectivity index (χ0) is 12.1. The lowest BCUT2D eigenvalue weighted by molar-refractivity contribution is 0.658. The summed E-state index contributed by atoms with van der Waals surface area (Å²) in [5.41, 5.74) is 3.70. The van der Waals surface area contributed by atoms with Gasteiger partial charge in [-0.15, -0.1) is 11.6 Å². The highest BCUT2D eigenvalue weighted by Gasteiger charge is 2.07. The second kappa shape index (κ2) is 5.85. The molecule has 0 fully saturated rings. The van der Waals surface area contributed by atoms with Gasteiger partial charge in [-0.05, 0) is 23.7 Å². The van der Waals surface area contributed by atoms with Crippen molar-refractivity contribution in [1.82, 2.24) is 5.32 Å². The van der Waals surface area contributed by atoms with Crippen molar-refractivity contribution in [3.8, 4) is 11.1 Å². The summed E-state index contributed by atoms with van der Waals surface area (Å²) >= 11 is 5.90. The van der Waals surface area contributed by atoms with Gasteiger partial charge in [0.25, 0.3) is 0 Å². The number of rotatable bonds is 4. The standard InChI is InChI=1S/C15H16ClN/c1-17-15(11-16)14-9-7-13(8-10-14)12-5-3-2-4-6-12/h2-10,15,17H,11H2,1H3. The van der Waals surface area contributed by atoms with Gasteiger partial charge in [-0.1, -0.05) is 54.6 Å². The van der Waals surface area contributed by atoms with Crippen LogP contribution in [0.4, 0.5) is 0 Å². The largest absolute Gasteiger partial charge is 0.312 e. The maximum atomic E-state index is 5.90. The molecule has 0 radical (unpaired) electrons. The smallest absolute Gasteiger partial charge is 0.0455 e. The Balaban J connectivity index is 2.24. The molecule has 0 spiro atoms. The molecule has 0 aliphatic heterocycles. The highest BCUT2D eigenvalue weighted by atomic mass is 35.5. The topological polar surface area (TPSA) is 12.0 Å². The minimum atomic E-state index is 0.224. The van der Waals surface area contributed by atoms with Crippen LogP contribution in [0.5, 0.6) is 0 Å². The van der Waals surface area contributed by atoms with Crippen molar-refractivity contribution in [2.75, 3.05) is 12.9 Å². The first-order valence-electron chi connectivity index (χ1n) is 5.73. The van der Waals surface area contributed by atoms with Crippen LogP contribution in [0, 0.1) is 0 Å². The molecule has 0 heterocycles. The maximum Gasteiger partial charge on any atom is 0.0455 e. The van der Waals surface area contributed by atoms with Gasteiger partial charge in [0, 0.05) is 11.9 Å². The fraction of sp³-hybridized carbons (Fsp3) is 0.200. The first-order valence-corrected chi connectivity index (χ1v) is 6.27. The normalized spacial score (nSPS) is 12.4. The summed E-state index contributed by atoms with van der Waals surface area (Å²) < 4.78 is 0. The van der Waals surface area contributed by atoms with E-state index in [4.69, 9.17) is 11.6 Å². The lowest BCUT2D eigenvalue weighted by Crippen LogP contribution is -2.17. The molecular weight excluding hydrogens is 230 g/mol. The molecule has 2 rings (SSSR count). The van der Waals surface area contributed by atoms with E-state index in [0.717, 1.165) is 0 Å². The minimum Gasteiger partial charge on any atom is -0.312 e. The summed E-state index contributed by atoms with van der Waals surface area (Å²) in [4.78, 5) is 0. The van der Waals surface area contributed by atoms with E-state index in [0.29, 0.717) is 5.88 Å². The van der Waals surface area contributed by atoms with Crippen molar-refractivity contribution in [1.29, 1.82) is 0 Å². The molecule has 0 aliphatic rings. The number of alkyl halides is 1. The second-order valence-electron chi connectivity index (χ2n) is 3.98. The molecule has 17 heavy (non-hydrogen) atoms. The molecule has 0 bridgehead atoms. The van der Waals surface area contributed by atoms with Crippen molar-refractivity contribution >= 4 is 11.6 Å². The van der Waals surface area contributed by atoms with Gasteiger partial charge in [0.2, 0.25) is 0 Å². The van der Waals surface area contributed by atoms with Crippen molar-refractivity contribution in [3.05, 3.63) is 60.2 Å². The zero-order valence-corrected chi connectivity index (χ0v) is 10.6. The van der Waals surface area contributed by atoms with E-state index in [-0.39, 0.29) is 6.04 Å². The van der Waals surface area contributed by atoms with Gasteiger partial charge >= 0.3 is 0 Å². The van der Waals surface area contributed by atoms with Crippen LogP contribution in [0.1, 0.15) is 11.6 Å². The van der Waals surface area contributed by atoms with Gasteiger partial charge in [0.1, 0.15) is 0 Å². The van der Waals surface area contributed by atoms with Gasteiger partial charge in [0.15, 0.2) is 0 Å². The first-order chi connectivity index (χ1) is 8.35. The van der Waals surface area contributed by atoms with Crippen LogP contribution in [0.25, 0.3) is 11.1 Å². The van der Waals surface area contributed by atoms with Gasteiger partial charge in [-0.2, -0.15) is 0 Å². The van der Waals surface area contributed by atoms with Crippen LogP contribution in [-0.2, 0) is 0 Å². The lowest BCUT2D eigenvalue weighted by atomic mass is 10.0. The van der Waals surface area contributed by atoms with E-state index in [9.17, 15) is 0 Å². The Hall–Kier alpha value is -1.31. The van der Waals surface area contributed by atoms with Crippen LogP contribution in [0.3, 0.4) is 0 Å². The minimum absolute atomic E-state index is 0.224. The van der Waals surface area contributed by atoms with Gasteiger partial charge < -0.3 is 5.32 Å². The van der Waals surface area contributed by atoms with Crippen LogP contribution < -0.4 is 5.32 Å². The third kappa shape index (κ3) is 2.87. The molecule has 1 N–H and O–H groups in total. The quantitative estimate of drug-likeness (QED) is 0.807. The molecule has 2 aromatic carbocycles. The van der Waals surface area contributed by atoms with Crippen LogP contribution in [0.2, 0.25) is 0 Å². The summed E-state index contributed by atoms with van der Waals surface area (Å²) in [6.07, 6.45) is 0. The molecule has 0 aromatic heterocycles. The summed E-state index contributed by atoms with van der Waals surface area (Å²) in [5.74, 6) is 0.585. The van der Waals surface area contributed by atoms with Crippen molar-refractivity contribution in [2.24, 2.45) is 0 Å². The van der Waals surface area contributed by atoms with E-state index < -0.39 is 0 Å². The summed E-state index contributed by atoms with van der Waals surface area (Å²) in [7, 11) is 1.93. The first kappa shape index (κ1) is 12.2. The second-order valence-corrected chi connectivity index (χ2v) is 4.29. The number of benzene rings is 2. The summed E-state index contributed by atoms with van der Waals surface area (Å²) in [6, 6.07) is 19.1. The molecule has 1 nitrogen and oxygen atoms in total. The van der Waals surface area contributed by atoms with Gasteiger partial charge in [-0.3, -0.25) is 0 Å². The molecular formula is C15H16ClN. The average molecular weight is 246 g/mol. The Morgan fingerprint density at radius 2 is 1.53 bits per heavy atom. The number of nitrogens with one attached hydrogen (secondary N) is 1. The molecule has 2 heteroatoms. The highest BCUT2D eigenvalue weighted by molar-refractivity contribution is 6.18. The molecule has 0 saturated heterocycles. The van der Waals surface area contributed by atoms with Crippen molar-refractivity contribution in [2.45, 2.75) is 6.04 Å². The van der Waals surface area contributed by atoms with Crippen molar-refractivity contribution < 1.29 is 0 Å². The van der Waals surface area contributed by atoms with E-state index >= 15 is 0 Å². The maximum absolute atomic E-state index is 5.90. The van der Waals surface area contributed by atoms with E-state index in [1.54, 1.807) is 0 Å². The molecule has 1 unspecified atom stereocenters. The molecule has 0 amide bonds. The molecule has 1 atom stereocenters. The Labute approximate surface area is 107 Å². The van der Waals surface area contributed by atoms with E-state index in [2.05, 4.69) is 53.8 Å². The number of hydrogen-bond donors (Lipinski definition) is 1. The fourth-order valence-electron chi connectivity index (χ4n) is 1.87. The Bertz CT molecular complexity index is 446. The number of halogens is 1. The Kier molecular flexibility index (Phi) is 4.18. The van der Waals surface area contributed by atoms with E-state index in [1.165, 1.54) is 16.7 Å². The Morgan fingerprint density at radius 1 is 0.941 bits per heavy atom. The van der Waals surface area contributed by atoms with Crippen molar-refractivity contribution in [3.63, 3.8) is 0 Å². The van der Waals surface area contributed by atoms with Crippen LogP contribution in [-0.4, -0.2) is 12.9 Å². The highest BCUT2D eigenvalue weighted by Crippen LogP contribution is 2.22. The Morgan fingerprint density at radius 3 is 2.06 bits per heavy atom. The fourth-order valence-corrected chi connectivity index (χ4v) is 2.20. The van der Waals surface area contributed by atoms with E-state index in [1.807, 2.05) is 13.1 Å². The molecule has 0 aliphatic carbocycles. The predicted molar refractivity (Wildman–Crippen MR) is 74.4 cm³/mol. The summed E-state index contributed by atoms with van der Waals surface area (Å²) in [5, 5.41) is 3.20. The van der Waals surface area contributed by atoms with Crippen LogP contribution >= 0.6 is 11.6 Å². The zero-order valence-electron chi connectivity index (χ0n) is 9.86. The third-order valence-electron chi connectivity index (χ3n) is 2.92. The van der Waals surface area contributed by atoms with Gasteiger partial charge in [-0.25, -0.2) is 0 Å². The van der Waals surface area contributed by atoms with Gasteiger partial charge in [0.05, 0.1) is 0 Å². The SMILES string of the molecule is CNC(CCl)c1ccc(-c2ccccc2)cc1. The lowest BCUT2D eigenvalue weighted by Gasteiger charge is -2.13. The summed E-state index contributed by atoms with van der Waals surface area (Å²) in [6.45, 7) is 0. The third-order valence-corrected chi connectivity index (χ3v) is 3.23. The van der Waals surface area contributed by atoms with Crippen LogP contribution in [0.15, 0.2) is 54.6 Å². The molecule has 88 valence electrons. The predicted octanol–water partition coefficient (Wildman–Crippen LogP) is 3.85. The molecule has 0 saturated carbocycles.